The van der Waals surface area contributed by atoms with E-state index in [1.807, 2.05) is 79.1 Å². The largest absolute Gasteiger partial charge is 0.264 e. The summed E-state index contributed by atoms with van der Waals surface area (Å²) in [6.07, 6.45) is 3.74. The number of aromatic nitrogens is 4. The van der Waals surface area contributed by atoms with E-state index in [-0.39, 0.29) is 0 Å². The van der Waals surface area contributed by atoms with Gasteiger partial charge in [0.2, 0.25) is 0 Å². The summed E-state index contributed by atoms with van der Waals surface area (Å²) >= 11 is 0. The molecule has 50 heavy (non-hydrogen) atoms. The van der Waals surface area contributed by atoms with Crippen LogP contribution >= 0.6 is 0 Å². The Morgan fingerprint density at radius 2 is 0.860 bits per heavy atom. The van der Waals surface area contributed by atoms with Crippen LogP contribution in [0.15, 0.2) is 182 Å². The molecule has 0 aliphatic carbocycles. The van der Waals surface area contributed by atoms with Crippen LogP contribution in [-0.4, -0.2) is 19.9 Å². The zero-order valence-electron chi connectivity index (χ0n) is 27.1. The van der Waals surface area contributed by atoms with E-state index in [9.17, 15) is 0 Å². The Bertz CT molecular complexity index is 2580. The Morgan fingerprint density at radius 3 is 1.56 bits per heavy atom. The molecule has 0 unspecified atom stereocenters. The second kappa shape index (κ2) is 12.7. The van der Waals surface area contributed by atoms with Crippen LogP contribution in [0.5, 0.6) is 0 Å². The molecule has 0 saturated heterocycles. The quantitative estimate of drug-likeness (QED) is 0.170. The highest BCUT2D eigenvalue weighted by molar-refractivity contribution is 6.14. The van der Waals surface area contributed by atoms with Gasteiger partial charge in [-0.25, -0.2) is 15.0 Å². The van der Waals surface area contributed by atoms with E-state index in [2.05, 4.69) is 108 Å². The molecule has 9 aromatic rings. The maximum Gasteiger partial charge on any atom is 0.164 e. The van der Waals surface area contributed by atoms with Crippen molar-refractivity contribution in [2.45, 2.75) is 0 Å². The minimum atomic E-state index is 0.624. The lowest BCUT2D eigenvalue weighted by Gasteiger charge is -2.16. The highest BCUT2D eigenvalue weighted by Gasteiger charge is 2.16. The van der Waals surface area contributed by atoms with Crippen LogP contribution in [0.4, 0.5) is 0 Å². The van der Waals surface area contributed by atoms with Crippen molar-refractivity contribution in [3.05, 3.63) is 182 Å². The van der Waals surface area contributed by atoms with E-state index in [1.165, 1.54) is 27.1 Å². The van der Waals surface area contributed by atoms with Crippen LogP contribution in [0, 0.1) is 0 Å². The van der Waals surface area contributed by atoms with Crippen molar-refractivity contribution in [2.24, 2.45) is 0 Å². The second-order valence-electron chi connectivity index (χ2n) is 12.3. The molecule has 0 aliphatic heterocycles. The molecule has 0 fully saturated rings. The van der Waals surface area contributed by atoms with Gasteiger partial charge in [-0.15, -0.1) is 0 Å². The van der Waals surface area contributed by atoms with Crippen molar-refractivity contribution in [3.8, 4) is 67.5 Å². The third-order valence-electron chi connectivity index (χ3n) is 9.20. The van der Waals surface area contributed by atoms with Gasteiger partial charge >= 0.3 is 0 Å². The van der Waals surface area contributed by atoms with Crippen LogP contribution < -0.4 is 0 Å². The van der Waals surface area contributed by atoms with Crippen LogP contribution in [0.25, 0.3) is 89.1 Å². The van der Waals surface area contributed by atoms with Gasteiger partial charge in [-0.3, -0.25) is 4.98 Å². The van der Waals surface area contributed by atoms with Crippen LogP contribution in [-0.2, 0) is 0 Å². The molecule has 0 saturated carbocycles. The summed E-state index contributed by atoms with van der Waals surface area (Å²) in [5.74, 6) is 1.90. The van der Waals surface area contributed by atoms with Gasteiger partial charge in [0.1, 0.15) is 0 Å². The Balaban J connectivity index is 1.24. The summed E-state index contributed by atoms with van der Waals surface area (Å²) in [7, 11) is 0. The number of hydrogen-bond donors (Lipinski definition) is 0. The van der Waals surface area contributed by atoms with Gasteiger partial charge in [-0.05, 0) is 73.6 Å². The topological polar surface area (TPSA) is 51.6 Å². The molecule has 0 atom stereocenters. The lowest BCUT2D eigenvalue weighted by Crippen LogP contribution is -2.00. The molecule has 234 valence electrons. The van der Waals surface area contributed by atoms with Gasteiger partial charge in [-0.2, -0.15) is 0 Å². The van der Waals surface area contributed by atoms with Crippen LogP contribution in [0.1, 0.15) is 0 Å². The van der Waals surface area contributed by atoms with Crippen molar-refractivity contribution in [1.29, 1.82) is 0 Å². The van der Waals surface area contributed by atoms with E-state index in [0.29, 0.717) is 17.5 Å². The predicted molar refractivity (Wildman–Crippen MR) is 205 cm³/mol. The summed E-state index contributed by atoms with van der Waals surface area (Å²) in [6, 6.07) is 59.2. The molecule has 0 amide bonds. The lowest BCUT2D eigenvalue weighted by atomic mass is 9.88. The van der Waals surface area contributed by atoms with Crippen molar-refractivity contribution in [3.63, 3.8) is 0 Å². The number of benzene rings is 7. The van der Waals surface area contributed by atoms with Gasteiger partial charge in [-0.1, -0.05) is 146 Å². The average Bonchev–Trinajstić information content (AvgIpc) is 3.21. The molecular formula is C46H30N4. The third kappa shape index (κ3) is 5.49. The SMILES string of the molecule is c1ccc(-c2nc(-c3ccccc3)nc(-c3cccc(-c4cc(-c5cc6ccccc6c6ccccc56)ccc4-c4cccnc4)c3)n2)cc1. The second-order valence-corrected chi connectivity index (χ2v) is 12.3. The highest BCUT2D eigenvalue weighted by Crippen LogP contribution is 2.40. The third-order valence-corrected chi connectivity index (χ3v) is 9.20. The van der Waals surface area contributed by atoms with E-state index < -0.39 is 0 Å². The van der Waals surface area contributed by atoms with Crippen LogP contribution in [0.3, 0.4) is 0 Å². The molecule has 4 nitrogen and oxygen atoms in total. The summed E-state index contributed by atoms with van der Waals surface area (Å²) in [5, 5.41) is 4.96. The van der Waals surface area contributed by atoms with E-state index in [1.54, 1.807) is 0 Å². The molecule has 0 N–H and O–H groups in total. The zero-order valence-corrected chi connectivity index (χ0v) is 27.1. The van der Waals surface area contributed by atoms with Crippen molar-refractivity contribution in [2.75, 3.05) is 0 Å². The monoisotopic (exact) mass is 638 g/mol. The summed E-state index contributed by atoms with van der Waals surface area (Å²) < 4.78 is 0. The fourth-order valence-corrected chi connectivity index (χ4v) is 6.78. The zero-order chi connectivity index (χ0) is 33.3. The molecular weight excluding hydrogens is 609 g/mol. The molecule has 2 aromatic heterocycles. The first-order valence-corrected chi connectivity index (χ1v) is 16.7. The van der Waals surface area contributed by atoms with E-state index in [0.717, 1.165) is 44.5 Å². The summed E-state index contributed by atoms with van der Waals surface area (Å²) in [4.78, 5) is 19.4. The molecule has 0 aliphatic rings. The maximum absolute atomic E-state index is 5.01. The van der Waals surface area contributed by atoms with Gasteiger partial charge in [0, 0.05) is 34.6 Å². The number of fused-ring (bicyclic) bond motifs is 3. The molecule has 9 rings (SSSR count). The van der Waals surface area contributed by atoms with Gasteiger partial charge in [0.05, 0.1) is 0 Å². The number of pyridine rings is 1. The predicted octanol–water partition coefficient (Wildman–Crippen LogP) is 11.6. The normalized spacial score (nSPS) is 11.2. The maximum atomic E-state index is 5.01. The Labute approximate surface area is 290 Å². The average molecular weight is 639 g/mol. The lowest BCUT2D eigenvalue weighted by molar-refractivity contribution is 1.07. The number of rotatable bonds is 6. The minimum Gasteiger partial charge on any atom is -0.264 e. The standard InChI is InChI=1S/C46H30N4/c1-3-13-31(14-4-1)44-48-45(32-15-5-2-6-16-32)50-46(49-44)36-19-11-18-33(27-36)42-29-35(24-25-39(42)37-20-12-26-47-30-37)43-28-34-17-7-8-21-38(34)40-22-9-10-23-41(40)43/h1-30H. The highest BCUT2D eigenvalue weighted by atomic mass is 15.0. The fourth-order valence-electron chi connectivity index (χ4n) is 6.78. The van der Waals surface area contributed by atoms with Gasteiger partial charge in [0.15, 0.2) is 17.5 Å². The van der Waals surface area contributed by atoms with Crippen molar-refractivity contribution in [1.82, 2.24) is 19.9 Å². The Hall–Kier alpha value is -6.78. The van der Waals surface area contributed by atoms with Crippen LogP contribution in [0.2, 0.25) is 0 Å². The Kier molecular flexibility index (Phi) is 7.45. The van der Waals surface area contributed by atoms with E-state index >= 15 is 0 Å². The summed E-state index contributed by atoms with van der Waals surface area (Å²) in [6.45, 7) is 0. The minimum absolute atomic E-state index is 0.624. The molecule has 0 bridgehead atoms. The fraction of sp³-hybridized carbons (Fsp3) is 0. The van der Waals surface area contributed by atoms with Gasteiger partial charge < -0.3 is 0 Å². The van der Waals surface area contributed by atoms with Crippen molar-refractivity contribution < 1.29 is 0 Å². The first-order valence-electron chi connectivity index (χ1n) is 16.7. The number of hydrogen-bond acceptors (Lipinski definition) is 4. The Morgan fingerprint density at radius 1 is 0.300 bits per heavy atom. The molecule has 0 spiro atoms. The molecule has 0 radical (unpaired) electrons. The molecule has 4 heteroatoms. The van der Waals surface area contributed by atoms with Crippen molar-refractivity contribution >= 4 is 21.5 Å². The molecule has 2 heterocycles. The molecule has 7 aromatic carbocycles. The first kappa shape index (κ1) is 29.4. The number of nitrogens with zero attached hydrogens (tertiary/aromatic N) is 4. The van der Waals surface area contributed by atoms with Gasteiger partial charge in [0.25, 0.3) is 0 Å². The first-order chi connectivity index (χ1) is 24.8. The van der Waals surface area contributed by atoms with E-state index in [4.69, 9.17) is 15.0 Å². The summed E-state index contributed by atoms with van der Waals surface area (Å²) in [5.41, 5.74) is 9.49. The smallest absolute Gasteiger partial charge is 0.164 e.